The van der Waals surface area contributed by atoms with E-state index < -0.39 is 0 Å². The van der Waals surface area contributed by atoms with Crippen LogP contribution in [0.2, 0.25) is 0 Å². The quantitative estimate of drug-likeness (QED) is 0.749. The number of aliphatic hydroxyl groups excluding tert-OH is 1. The maximum atomic E-state index is 9.82. The molecule has 0 saturated carbocycles. The number of anilines is 1. The molecule has 1 aliphatic heterocycles. The summed E-state index contributed by atoms with van der Waals surface area (Å²) in [6.45, 7) is 3.14. The van der Waals surface area contributed by atoms with Gasteiger partial charge in [-0.05, 0) is 32.6 Å². The maximum Gasteiger partial charge on any atom is 0.121 e. The highest BCUT2D eigenvalue weighted by Crippen LogP contribution is 2.19. The van der Waals surface area contributed by atoms with E-state index in [2.05, 4.69) is 23.9 Å². The summed E-state index contributed by atoms with van der Waals surface area (Å²) in [5.74, 6) is 0.800. The Morgan fingerprint density at radius 1 is 1.45 bits per heavy atom. The van der Waals surface area contributed by atoms with Crippen LogP contribution in [0.3, 0.4) is 0 Å². The summed E-state index contributed by atoms with van der Waals surface area (Å²) in [6.07, 6.45) is 0.628. The van der Waals surface area contributed by atoms with E-state index in [0.717, 1.165) is 31.8 Å². The zero-order chi connectivity index (χ0) is 14.5. The molecule has 2 atom stereocenters. The molecule has 0 radical (unpaired) electrons. The van der Waals surface area contributed by atoms with Crippen LogP contribution in [0, 0.1) is 0 Å². The van der Waals surface area contributed by atoms with Crippen molar-refractivity contribution in [2.45, 2.75) is 18.6 Å². The van der Waals surface area contributed by atoms with Crippen molar-refractivity contribution in [3.63, 3.8) is 0 Å². The summed E-state index contributed by atoms with van der Waals surface area (Å²) in [4.78, 5) is 4.46. The third kappa shape index (κ3) is 4.37. The number of likely N-dealkylation sites (tertiary alicyclic amines) is 1. The number of nitrogens with zero attached hydrogens (tertiary/aromatic N) is 2. The molecule has 0 spiro atoms. The second-order valence-corrected chi connectivity index (χ2v) is 5.72. The van der Waals surface area contributed by atoms with Crippen molar-refractivity contribution in [2.24, 2.45) is 0 Å². The normalized spacial score (nSPS) is 23.4. The van der Waals surface area contributed by atoms with Gasteiger partial charge >= 0.3 is 0 Å². The first kappa shape index (κ1) is 15.1. The van der Waals surface area contributed by atoms with Crippen molar-refractivity contribution >= 4 is 5.69 Å². The Morgan fingerprint density at radius 3 is 2.95 bits per heavy atom. The van der Waals surface area contributed by atoms with Crippen LogP contribution in [0.1, 0.15) is 6.42 Å². The van der Waals surface area contributed by atoms with E-state index in [0.29, 0.717) is 18.3 Å². The number of ether oxygens (including phenoxy) is 1. The minimum Gasteiger partial charge on any atom is -0.492 e. The number of benzene rings is 1. The van der Waals surface area contributed by atoms with Crippen LogP contribution in [0.15, 0.2) is 24.3 Å². The van der Waals surface area contributed by atoms with Gasteiger partial charge in [-0.1, -0.05) is 6.07 Å². The maximum absolute atomic E-state index is 9.82. The van der Waals surface area contributed by atoms with Crippen LogP contribution in [0.4, 0.5) is 5.69 Å². The Kier molecular flexibility index (Phi) is 5.23. The SMILES string of the molecule is CN(C)CC1CC(O)CN1CCOc1cccc(N)c1. The van der Waals surface area contributed by atoms with E-state index in [-0.39, 0.29) is 6.10 Å². The molecular weight excluding hydrogens is 254 g/mol. The highest BCUT2D eigenvalue weighted by Gasteiger charge is 2.30. The lowest BCUT2D eigenvalue weighted by Crippen LogP contribution is -2.39. The van der Waals surface area contributed by atoms with Crippen molar-refractivity contribution < 1.29 is 9.84 Å². The molecular formula is C15H25N3O2. The third-order valence-electron chi connectivity index (χ3n) is 3.59. The summed E-state index contributed by atoms with van der Waals surface area (Å²) < 4.78 is 5.72. The summed E-state index contributed by atoms with van der Waals surface area (Å²) >= 11 is 0. The first-order chi connectivity index (χ1) is 9.54. The first-order valence-corrected chi connectivity index (χ1v) is 7.10. The predicted molar refractivity (Wildman–Crippen MR) is 80.9 cm³/mol. The molecule has 1 fully saturated rings. The number of β-amino-alcohol motifs (C(OH)–C–C–N with tert-alkyl or cyclic N) is 1. The molecule has 0 bridgehead atoms. The molecule has 20 heavy (non-hydrogen) atoms. The fourth-order valence-corrected chi connectivity index (χ4v) is 2.73. The third-order valence-corrected chi connectivity index (χ3v) is 3.59. The summed E-state index contributed by atoms with van der Waals surface area (Å²) in [5, 5.41) is 9.82. The largest absolute Gasteiger partial charge is 0.492 e. The number of nitrogen functional groups attached to an aromatic ring is 1. The lowest BCUT2D eigenvalue weighted by atomic mass is 10.2. The Morgan fingerprint density at radius 2 is 2.25 bits per heavy atom. The molecule has 0 aliphatic carbocycles. The van der Waals surface area contributed by atoms with Crippen molar-refractivity contribution in [3.8, 4) is 5.75 Å². The molecule has 1 heterocycles. The van der Waals surface area contributed by atoms with Crippen molar-refractivity contribution in [1.29, 1.82) is 0 Å². The molecule has 112 valence electrons. The lowest BCUT2D eigenvalue weighted by molar-refractivity contribution is 0.155. The number of likely N-dealkylation sites (N-methyl/N-ethyl adjacent to an activating group) is 1. The minimum absolute atomic E-state index is 0.215. The van der Waals surface area contributed by atoms with Gasteiger partial charge in [0.15, 0.2) is 0 Å². The molecule has 5 nitrogen and oxygen atoms in total. The molecule has 1 aromatic rings. The van der Waals surface area contributed by atoms with Crippen LogP contribution in [0.5, 0.6) is 5.75 Å². The Labute approximate surface area is 120 Å². The molecule has 0 amide bonds. The van der Waals surface area contributed by atoms with E-state index in [1.54, 1.807) is 0 Å². The molecule has 3 N–H and O–H groups in total. The number of rotatable bonds is 6. The van der Waals surface area contributed by atoms with Crippen molar-refractivity contribution in [2.75, 3.05) is 46.1 Å². The number of aliphatic hydroxyl groups is 1. The Bertz CT molecular complexity index is 425. The van der Waals surface area contributed by atoms with Crippen LogP contribution < -0.4 is 10.5 Å². The lowest BCUT2D eigenvalue weighted by Gasteiger charge is -2.26. The number of nitrogens with two attached hydrogens (primary N) is 1. The summed E-state index contributed by atoms with van der Waals surface area (Å²) in [6, 6.07) is 7.88. The summed E-state index contributed by atoms with van der Waals surface area (Å²) in [5.41, 5.74) is 6.43. The van der Waals surface area contributed by atoms with Gasteiger partial charge in [0.25, 0.3) is 0 Å². The van der Waals surface area contributed by atoms with Gasteiger partial charge in [0.1, 0.15) is 12.4 Å². The smallest absolute Gasteiger partial charge is 0.121 e. The van der Waals surface area contributed by atoms with Gasteiger partial charge in [-0.15, -0.1) is 0 Å². The molecule has 2 rings (SSSR count). The summed E-state index contributed by atoms with van der Waals surface area (Å²) in [7, 11) is 4.12. The molecule has 2 unspecified atom stereocenters. The van der Waals surface area contributed by atoms with Gasteiger partial charge in [0.2, 0.25) is 0 Å². The molecule has 1 aliphatic rings. The average Bonchev–Trinajstić information content (AvgIpc) is 2.69. The van der Waals surface area contributed by atoms with E-state index in [9.17, 15) is 5.11 Å². The van der Waals surface area contributed by atoms with Gasteiger partial charge in [0.05, 0.1) is 6.10 Å². The second kappa shape index (κ2) is 6.92. The molecule has 5 heteroatoms. The zero-order valence-corrected chi connectivity index (χ0v) is 12.3. The van der Waals surface area contributed by atoms with Gasteiger partial charge in [-0.3, -0.25) is 4.90 Å². The molecule has 1 aromatic carbocycles. The molecule has 1 saturated heterocycles. The number of hydrogen-bond donors (Lipinski definition) is 2. The first-order valence-electron chi connectivity index (χ1n) is 7.10. The van der Waals surface area contributed by atoms with Crippen LogP contribution >= 0.6 is 0 Å². The fraction of sp³-hybridized carbons (Fsp3) is 0.600. The van der Waals surface area contributed by atoms with E-state index in [1.165, 1.54) is 0 Å². The van der Waals surface area contributed by atoms with Crippen LogP contribution in [0.25, 0.3) is 0 Å². The van der Waals surface area contributed by atoms with Gasteiger partial charge < -0.3 is 20.5 Å². The Balaban J connectivity index is 1.80. The molecule has 0 aromatic heterocycles. The zero-order valence-electron chi connectivity index (χ0n) is 12.3. The number of hydrogen-bond acceptors (Lipinski definition) is 5. The highest BCUT2D eigenvalue weighted by atomic mass is 16.5. The van der Waals surface area contributed by atoms with Gasteiger partial charge in [-0.25, -0.2) is 0 Å². The highest BCUT2D eigenvalue weighted by molar-refractivity contribution is 5.43. The minimum atomic E-state index is -0.215. The predicted octanol–water partition coefficient (Wildman–Crippen LogP) is 0.644. The van der Waals surface area contributed by atoms with Crippen LogP contribution in [-0.2, 0) is 0 Å². The van der Waals surface area contributed by atoms with E-state index in [1.807, 2.05) is 24.3 Å². The van der Waals surface area contributed by atoms with Crippen LogP contribution in [-0.4, -0.2) is 67.4 Å². The topological polar surface area (TPSA) is 62.0 Å². The standard InChI is InChI=1S/C15H25N3O2/c1-17(2)10-13-9-14(19)11-18(13)6-7-20-15-5-3-4-12(16)8-15/h3-5,8,13-14,19H,6-7,9-11,16H2,1-2H3. The van der Waals surface area contributed by atoms with E-state index in [4.69, 9.17) is 10.5 Å². The fourth-order valence-electron chi connectivity index (χ4n) is 2.73. The average molecular weight is 279 g/mol. The second-order valence-electron chi connectivity index (χ2n) is 5.72. The van der Waals surface area contributed by atoms with Crippen molar-refractivity contribution in [1.82, 2.24) is 9.80 Å². The van der Waals surface area contributed by atoms with Gasteiger partial charge in [0, 0.05) is 37.4 Å². The van der Waals surface area contributed by atoms with E-state index >= 15 is 0 Å². The monoisotopic (exact) mass is 279 g/mol. The van der Waals surface area contributed by atoms with Crippen molar-refractivity contribution in [3.05, 3.63) is 24.3 Å². The van der Waals surface area contributed by atoms with Gasteiger partial charge in [-0.2, -0.15) is 0 Å². The Hall–Kier alpha value is -1.30.